The van der Waals surface area contributed by atoms with E-state index < -0.39 is 11.9 Å². The van der Waals surface area contributed by atoms with Gasteiger partial charge >= 0.3 is 5.97 Å². The van der Waals surface area contributed by atoms with E-state index in [9.17, 15) is 14.7 Å². The summed E-state index contributed by atoms with van der Waals surface area (Å²) < 4.78 is 0. The van der Waals surface area contributed by atoms with Crippen molar-refractivity contribution < 1.29 is 14.7 Å². The lowest BCUT2D eigenvalue weighted by atomic mass is 9.96. The van der Waals surface area contributed by atoms with E-state index in [0.717, 1.165) is 0 Å². The van der Waals surface area contributed by atoms with Crippen molar-refractivity contribution in [3.63, 3.8) is 0 Å². The van der Waals surface area contributed by atoms with Crippen LogP contribution >= 0.6 is 0 Å². The van der Waals surface area contributed by atoms with Crippen LogP contribution in [0.4, 0.5) is 5.95 Å². The number of benzene rings is 1. The first-order valence-corrected chi connectivity index (χ1v) is 5.92. The summed E-state index contributed by atoms with van der Waals surface area (Å²) in [6.07, 6.45) is 2.98. The van der Waals surface area contributed by atoms with Gasteiger partial charge in [0.2, 0.25) is 5.95 Å². The van der Waals surface area contributed by atoms with Crippen molar-refractivity contribution in [3.8, 4) is 0 Å². The molecule has 0 radical (unpaired) electrons. The zero-order valence-corrected chi connectivity index (χ0v) is 11.0. The van der Waals surface area contributed by atoms with E-state index in [1.807, 2.05) is 0 Å². The molecule has 1 aromatic carbocycles. The van der Waals surface area contributed by atoms with Gasteiger partial charge < -0.3 is 5.11 Å². The van der Waals surface area contributed by atoms with Crippen molar-refractivity contribution in [1.29, 1.82) is 0 Å². The first kappa shape index (κ1) is 13.7. The Morgan fingerprint density at radius 1 is 1.05 bits per heavy atom. The molecule has 1 aromatic heterocycles. The standard InChI is InChI=1S/C14H13N3O3/c1-8-4-5-9(2)11(13(19)20)10(8)12(18)17-14-15-6-3-7-16-14/h3-7H,1-2H3,(H,19,20)(H,15,16,17,18). The lowest BCUT2D eigenvalue weighted by Crippen LogP contribution is -2.20. The first-order chi connectivity index (χ1) is 9.50. The second-order valence-corrected chi connectivity index (χ2v) is 4.28. The van der Waals surface area contributed by atoms with Gasteiger partial charge in [-0.05, 0) is 31.0 Å². The average Bonchev–Trinajstić information content (AvgIpc) is 2.41. The Balaban J connectivity index is 2.44. The number of rotatable bonds is 3. The number of nitrogens with zero attached hydrogens (tertiary/aromatic N) is 2. The van der Waals surface area contributed by atoms with E-state index in [4.69, 9.17) is 0 Å². The Morgan fingerprint density at radius 2 is 1.60 bits per heavy atom. The molecule has 0 saturated heterocycles. The smallest absolute Gasteiger partial charge is 0.336 e. The zero-order valence-electron chi connectivity index (χ0n) is 11.0. The third-order valence-corrected chi connectivity index (χ3v) is 2.85. The fraction of sp³-hybridized carbons (Fsp3) is 0.143. The second kappa shape index (κ2) is 5.48. The summed E-state index contributed by atoms with van der Waals surface area (Å²) in [5, 5.41) is 11.8. The van der Waals surface area contributed by atoms with Gasteiger partial charge in [-0.2, -0.15) is 0 Å². The number of carbonyl (C=O) groups excluding carboxylic acids is 1. The molecule has 1 amide bonds. The van der Waals surface area contributed by atoms with Gasteiger partial charge in [-0.25, -0.2) is 14.8 Å². The van der Waals surface area contributed by atoms with Crippen LogP contribution in [-0.4, -0.2) is 27.0 Å². The summed E-state index contributed by atoms with van der Waals surface area (Å²) in [6, 6.07) is 5.01. The number of aryl methyl sites for hydroxylation is 2. The molecule has 2 N–H and O–H groups in total. The van der Waals surface area contributed by atoms with E-state index in [-0.39, 0.29) is 17.1 Å². The van der Waals surface area contributed by atoms with Gasteiger partial charge in [0.1, 0.15) is 0 Å². The Labute approximate surface area is 115 Å². The highest BCUT2D eigenvalue weighted by Crippen LogP contribution is 2.19. The second-order valence-electron chi connectivity index (χ2n) is 4.28. The third kappa shape index (κ3) is 2.64. The van der Waals surface area contributed by atoms with Crippen LogP contribution in [-0.2, 0) is 0 Å². The molecule has 0 atom stereocenters. The Bertz CT molecular complexity index is 669. The molecular weight excluding hydrogens is 258 g/mol. The van der Waals surface area contributed by atoms with Crippen LogP contribution in [0.1, 0.15) is 31.8 Å². The lowest BCUT2D eigenvalue weighted by molar-refractivity contribution is 0.0691. The molecule has 2 rings (SSSR count). The molecule has 0 spiro atoms. The minimum atomic E-state index is -1.13. The van der Waals surface area contributed by atoms with Crippen LogP contribution in [0.3, 0.4) is 0 Å². The Hall–Kier alpha value is -2.76. The predicted molar refractivity (Wildman–Crippen MR) is 72.9 cm³/mol. The fourth-order valence-corrected chi connectivity index (χ4v) is 1.91. The molecule has 0 bridgehead atoms. The van der Waals surface area contributed by atoms with Gasteiger partial charge in [-0.15, -0.1) is 0 Å². The molecule has 0 aliphatic rings. The van der Waals surface area contributed by atoms with Gasteiger partial charge in [0, 0.05) is 12.4 Å². The van der Waals surface area contributed by atoms with Crippen molar-refractivity contribution >= 4 is 17.8 Å². The summed E-state index contributed by atoms with van der Waals surface area (Å²) in [7, 11) is 0. The summed E-state index contributed by atoms with van der Waals surface area (Å²) in [5.41, 5.74) is 1.24. The van der Waals surface area contributed by atoms with Gasteiger partial charge in [-0.3, -0.25) is 10.1 Å². The molecule has 6 nitrogen and oxygen atoms in total. The highest BCUT2D eigenvalue weighted by atomic mass is 16.4. The van der Waals surface area contributed by atoms with Gasteiger partial charge in [-0.1, -0.05) is 12.1 Å². The molecule has 0 unspecified atom stereocenters. The monoisotopic (exact) mass is 271 g/mol. The summed E-state index contributed by atoms with van der Waals surface area (Å²) in [6.45, 7) is 3.34. The largest absolute Gasteiger partial charge is 0.478 e. The van der Waals surface area contributed by atoms with E-state index in [1.165, 1.54) is 12.4 Å². The van der Waals surface area contributed by atoms with Crippen molar-refractivity contribution in [2.24, 2.45) is 0 Å². The molecule has 102 valence electrons. The minimum Gasteiger partial charge on any atom is -0.478 e. The van der Waals surface area contributed by atoms with Crippen molar-refractivity contribution in [2.75, 3.05) is 5.32 Å². The summed E-state index contributed by atoms with van der Waals surface area (Å²) >= 11 is 0. The van der Waals surface area contributed by atoms with E-state index in [1.54, 1.807) is 32.0 Å². The van der Waals surface area contributed by atoms with Gasteiger partial charge in [0.15, 0.2) is 0 Å². The van der Waals surface area contributed by atoms with Crippen LogP contribution < -0.4 is 5.32 Å². The third-order valence-electron chi connectivity index (χ3n) is 2.85. The number of hydrogen-bond donors (Lipinski definition) is 2. The molecule has 0 aliphatic heterocycles. The SMILES string of the molecule is Cc1ccc(C)c(C(=O)Nc2ncccn2)c1C(=O)O. The molecule has 2 aromatic rings. The van der Waals surface area contributed by atoms with Crippen molar-refractivity contribution in [2.45, 2.75) is 13.8 Å². The predicted octanol–water partition coefficient (Wildman–Crippen LogP) is 2.04. The van der Waals surface area contributed by atoms with Crippen LogP contribution in [0, 0.1) is 13.8 Å². The van der Waals surface area contributed by atoms with Crippen LogP contribution in [0.2, 0.25) is 0 Å². The number of nitrogens with one attached hydrogen (secondary N) is 1. The lowest BCUT2D eigenvalue weighted by Gasteiger charge is -2.11. The van der Waals surface area contributed by atoms with Crippen molar-refractivity contribution in [1.82, 2.24) is 9.97 Å². The maximum absolute atomic E-state index is 12.3. The quantitative estimate of drug-likeness (QED) is 0.891. The molecule has 6 heteroatoms. The molecule has 1 heterocycles. The number of amides is 1. The fourth-order valence-electron chi connectivity index (χ4n) is 1.91. The normalized spacial score (nSPS) is 10.1. The van der Waals surface area contributed by atoms with Crippen LogP contribution in [0.5, 0.6) is 0 Å². The average molecular weight is 271 g/mol. The number of carboxylic acids is 1. The van der Waals surface area contributed by atoms with E-state index in [2.05, 4.69) is 15.3 Å². The molecule has 0 aliphatic carbocycles. The minimum absolute atomic E-state index is 0.00145. The van der Waals surface area contributed by atoms with Crippen LogP contribution in [0.15, 0.2) is 30.6 Å². The van der Waals surface area contributed by atoms with E-state index >= 15 is 0 Å². The Morgan fingerprint density at radius 3 is 2.15 bits per heavy atom. The molecule has 0 saturated carbocycles. The maximum atomic E-state index is 12.3. The van der Waals surface area contributed by atoms with Gasteiger partial charge in [0.25, 0.3) is 5.91 Å². The molecule has 20 heavy (non-hydrogen) atoms. The summed E-state index contributed by atoms with van der Waals surface area (Å²) in [5.74, 6) is -1.53. The van der Waals surface area contributed by atoms with Crippen molar-refractivity contribution in [3.05, 3.63) is 52.8 Å². The number of carboxylic acid groups (broad SMARTS) is 1. The highest BCUT2D eigenvalue weighted by Gasteiger charge is 2.21. The first-order valence-electron chi connectivity index (χ1n) is 5.92. The number of anilines is 1. The topological polar surface area (TPSA) is 92.2 Å². The number of hydrogen-bond acceptors (Lipinski definition) is 4. The zero-order chi connectivity index (χ0) is 14.7. The Kier molecular flexibility index (Phi) is 3.74. The maximum Gasteiger partial charge on any atom is 0.336 e. The molecular formula is C14H13N3O3. The van der Waals surface area contributed by atoms with E-state index in [0.29, 0.717) is 11.1 Å². The number of carbonyl (C=O) groups is 2. The number of aromatic nitrogens is 2. The molecule has 0 fully saturated rings. The highest BCUT2D eigenvalue weighted by molar-refractivity contribution is 6.11. The van der Waals surface area contributed by atoms with Gasteiger partial charge in [0.05, 0.1) is 11.1 Å². The summed E-state index contributed by atoms with van der Waals surface area (Å²) in [4.78, 5) is 31.4. The van der Waals surface area contributed by atoms with Crippen LogP contribution in [0.25, 0.3) is 0 Å². The number of aromatic carboxylic acids is 1.